The Bertz CT molecular complexity index is 1010. The van der Waals surface area contributed by atoms with Gasteiger partial charge in [-0.15, -0.1) is 0 Å². The number of rotatable bonds is 4. The Labute approximate surface area is 149 Å². The van der Waals surface area contributed by atoms with Gasteiger partial charge in [-0.2, -0.15) is 0 Å². The molecule has 1 heterocycles. The van der Waals surface area contributed by atoms with E-state index in [2.05, 4.69) is 15.6 Å². The van der Waals surface area contributed by atoms with Crippen molar-refractivity contribution in [2.45, 2.75) is 6.92 Å². The van der Waals surface area contributed by atoms with Crippen LogP contribution in [0.3, 0.4) is 0 Å². The summed E-state index contributed by atoms with van der Waals surface area (Å²) in [5, 5.41) is 5.99. The molecule has 0 aliphatic heterocycles. The topological polar surface area (TPSA) is 71.1 Å². The summed E-state index contributed by atoms with van der Waals surface area (Å²) in [5.41, 5.74) is 2.00. The highest BCUT2D eigenvalue weighted by atomic mass is 19.1. The minimum atomic E-state index is -0.574. The molecule has 0 atom stereocenters. The number of hydrogen-bond acceptors (Lipinski definition) is 3. The van der Waals surface area contributed by atoms with Crippen LogP contribution in [-0.4, -0.2) is 16.8 Å². The number of nitrogens with zero attached hydrogens (tertiary/aromatic N) is 1. The molecular formula is C20H16FN3O2. The molecule has 2 N–H and O–H groups in total. The van der Waals surface area contributed by atoms with Crippen LogP contribution in [0.15, 0.2) is 60.8 Å². The van der Waals surface area contributed by atoms with Gasteiger partial charge in [0.2, 0.25) is 11.8 Å². The average Bonchev–Trinajstić information content (AvgIpc) is 2.62. The number of amides is 2. The first kappa shape index (κ1) is 17.3. The summed E-state index contributed by atoms with van der Waals surface area (Å²) in [6.45, 7) is 1.28. The molecule has 0 unspecified atom stereocenters. The van der Waals surface area contributed by atoms with Gasteiger partial charge in [-0.1, -0.05) is 24.3 Å². The molecular weight excluding hydrogens is 333 g/mol. The van der Waals surface area contributed by atoms with Crippen molar-refractivity contribution >= 4 is 40.2 Å². The first-order valence-corrected chi connectivity index (χ1v) is 7.93. The number of fused-ring (bicyclic) bond motifs is 1. The highest BCUT2D eigenvalue weighted by Gasteiger charge is 2.07. The molecule has 2 aromatic carbocycles. The predicted molar refractivity (Wildman–Crippen MR) is 100 cm³/mol. The van der Waals surface area contributed by atoms with E-state index in [1.54, 1.807) is 12.3 Å². The molecule has 26 heavy (non-hydrogen) atoms. The minimum absolute atomic E-state index is 0.0116. The van der Waals surface area contributed by atoms with Crippen molar-refractivity contribution in [3.8, 4) is 0 Å². The van der Waals surface area contributed by atoms with E-state index in [9.17, 15) is 14.0 Å². The average molecular weight is 349 g/mol. The van der Waals surface area contributed by atoms with Gasteiger partial charge in [-0.25, -0.2) is 4.39 Å². The molecule has 3 aromatic rings. The number of benzene rings is 2. The molecule has 0 saturated carbocycles. The molecule has 0 saturated heterocycles. The van der Waals surface area contributed by atoms with Crippen molar-refractivity contribution in [3.63, 3.8) is 0 Å². The van der Waals surface area contributed by atoms with E-state index < -0.39 is 11.7 Å². The molecule has 0 fully saturated rings. The second kappa shape index (κ2) is 7.57. The van der Waals surface area contributed by atoms with Crippen molar-refractivity contribution in [3.05, 3.63) is 72.2 Å². The van der Waals surface area contributed by atoms with Crippen molar-refractivity contribution in [1.29, 1.82) is 0 Å². The number of halogens is 1. The van der Waals surface area contributed by atoms with Crippen LogP contribution in [0, 0.1) is 5.82 Å². The first-order chi connectivity index (χ1) is 12.5. The molecule has 130 valence electrons. The third-order valence-electron chi connectivity index (χ3n) is 3.62. The molecule has 0 bridgehead atoms. The molecule has 2 amide bonds. The molecule has 5 nitrogen and oxygen atoms in total. The molecule has 0 spiro atoms. The van der Waals surface area contributed by atoms with Gasteiger partial charge >= 0.3 is 0 Å². The van der Waals surface area contributed by atoms with Crippen LogP contribution in [0.4, 0.5) is 15.8 Å². The highest BCUT2D eigenvalue weighted by Crippen LogP contribution is 2.20. The molecule has 1 aromatic heterocycles. The maximum atomic E-state index is 13.6. The molecule has 0 radical (unpaired) electrons. The Balaban J connectivity index is 1.76. The smallest absolute Gasteiger partial charge is 0.248 e. The molecule has 3 rings (SSSR count). The predicted octanol–water partition coefficient (Wildman–Crippen LogP) is 3.98. The first-order valence-electron chi connectivity index (χ1n) is 7.93. The number of carbonyl (C=O) groups excluding carboxylic acids is 2. The van der Waals surface area contributed by atoms with Crippen LogP contribution >= 0.6 is 0 Å². The van der Waals surface area contributed by atoms with E-state index in [4.69, 9.17) is 0 Å². The Morgan fingerprint density at radius 1 is 1.08 bits per heavy atom. The maximum absolute atomic E-state index is 13.6. The maximum Gasteiger partial charge on any atom is 0.248 e. The summed E-state index contributed by atoms with van der Waals surface area (Å²) in [6.07, 6.45) is 4.75. The number of nitrogens with one attached hydrogen (secondary N) is 2. The summed E-state index contributed by atoms with van der Waals surface area (Å²) in [5.74, 6) is -1.34. The zero-order valence-corrected chi connectivity index (χ0v) is 14.0. The number of carbonyl (C=O) groups is 2. The monoisotopic (exact) mass is 349 g/mol. The van der Waals surface area contributed by atoms with E-state index in [1.807, 2.05) is 30.3 Å². The summed E-state index contributed by atoms with van der Waals surface area (Å²) in [7, 11) is 0. The van der Waals surface area contributed by atoms with E-state index in [-0.39, 0.29) is 11.6 Å². The normalized spacial score (nSPS) is 10.8. The van der Waals surface area contributed by atoms with Gasteiger partial charge < -0.3 is 10.6 Å². The second-order valence-electron chi connectivity index (χ2n) is 5.62. The van der Waals surface area contributed by atoms with Crippen LogP contribution in [0.1, 0.15) is 12.5 Å². The Morgan fingerprint density at radius 3 is 2.69 bits per heavy atom. The Kier molecular flexibility index (Phi) is 5.03. The number of hydrogen-bond donors (Lipinski definition) is 2. The minimum Gasteiger partial charge on any atom is -0.324 e. The second-order valence-corrected chi connectivity index (χ2v) is 5.62. The van der Waals surface area contributed by atoms with Crippen molar-refractivity contribution < 1.29 is 14.0 Å². The van der Waals surface area contributed by atoms with E-state index in [0.717, 1.165) is 16.5 Å². The Hall–Kier alpha value is -3.54. The summed E-state index contributed by atoms with van der Waals surface area (Å²) in [4.78, 5) is 27.6. The van der Waals surface area contributed by atoms with Crippen molar-refractivity contribution in [2.75, 3.05) is 10.6 Å². The van der Waals surface area contributed by atoms with Gasteiger partial charge in [-0.05, 0) is 30.3 Å². The molecule has 0 aliphatic carbocycles. The van der Waals surface area contributed by atoms with E-state index in [0.29, 0.717) is 5.69 Å². The Morgan fingerprint density at radius 2 is 1.88 bits per heavy atom. The summed E-state index contributed by atoms with van der Waals surface area (Å²) >= 11 is 0. The number of pyridine rings is 1. The lowest BCUT2D eigenvalue weighted by atomic mass is 10.1. The van der Waals surface area contributed by atoms with Gasteiger partial charge in [0.15, 0.2) is 0 Å². The van der Waals surface area contributed by atoms with Gasteiger partial charge in [-0.3, -0.25) is 14.6 Å². The van der Waals surface area contributed by atoms with Gasteiger partial charge in [0.1, 0.15) is 5.82 Å². The largest absolute Gasteiger partial charge is 0.324 e. The lowest BCUT2D eigenvalue weighted by Gasteiger charge is -2.07. The lowest BCUT2D eigenvalue weighted by Crippen LogP contribution is -2.10. The fourth-order valence-electron chi connectivity index (χ4n) is 2.50. The lowest BCUT2D eigenvalue weighted by molar-refractivity contribution is -0.114. The quantitative estimate of drug-likeness (QED) is 0.700. The van der Waals surface area contributed by atoms with Crippen molar-refractivity contribution in [2.24, 2.45) is 0 Å². The highest BCUT2D eigenvalue weighted by molar-refractivity contribution is 6.03. The van der Waals surface area contributed by atoms with Crippen LogP contribution in [0.5, 0.6) is 0 Å². The van der Waals surface area contributed by atoms with Crippen molar-refractivity contribution in [1.82, 2.24) is 4.98 Å². The SMILES string of the molecule is CC(=O)Nc1cc(NC(=O)/C=C/c2cccc3cccnc23)ccc1F. The number of aromatic nitrogens is 1. The van der Waals surface area contributed by atoms with E-state index >= 15 is 0 Å². The zero-order valence-electron chi connectivity index (χ0n) is 14.0. The van der Waals surface area contributed by atoms with Crippen LogP contribution in [0.25, 0.3) is 17.0 Å². The summed E-state index contributed by atoms with van der Waals surface area (Å²) in [6, 6.07) is 13.5. The van der Waals surface area contributed by atoms with Crippen LogP contribution < -0.4 is 10.6 Å². The summed E-state index contributed by atoms with van der Waals surface area (Å²) < 4.78 is 13.6. The third-order valence-corrected chi connectivity index (χ3v) is 3.62. The third kappa shape index (κ3) is 4.10. The van der Waals surface area contributed by atoms with Crippen LogP contribution in [-0.2, 0) is 9.59 Å². The van der Waals surface area contributed by atoms with Gasteiger partial charge in [0, 0.05) is 35.8 Å². The number of para-hydroxylation sites is 1. The molecule has 0 aliphatic rings. The van der Waals surface area contributed by atoms with Gasteiger partial charge in [0.25, 0.3) is 0 Å². The van der Waals surface area contributed by atoms with Gasteiger partial charge in [0.05, 0.1) is 11.2 Å². The standard InChI is InChI=1S/C20H16FN3O2/c1-13(25)23-18-12-16(8-9-17(18)21)24-19(26)10-7-15-5-2-4-14-6-3-11-22-20(14)15/h2-12H,1H3,(H,23,25)(H,24,26)/b10-7+. The number of anilines is 2. The fraction of sp³-hybridized carbons (Fsp3) is 0.0500. The fourth-order valence-corrected chi connectivity index (χ4v) is 2.50. The zero-order chi connectivity index (χ0) is 18.5. The van der Waals surface area contributed by atoms with Crippen LogP contribution in [0.2, 0.25) is 0 Å². The van der Waals surface area contributed by atoms with E-state index in [1.165, 1.54) is 31.2 Å². The molecule has 6 heteroatoms.